The van der Waals surface area contributed by atoms with E-state index in [-0.39, 0.29) is 5.75 Å². The van der Waals surface area contributed by atoms with Crippen molar-refractivity contribution >= 4 is 28.7 Å². The summed E-state index contributed by atoms with van der Waals surface area (Å²) in [7, 11) is 1.41. The molecule has 0 saturated heterocycles. The Morgan fingerprint density at radius 3 is 2.72 bits per heavy atom. The summed E-state index contributed by atoms with van der Waals surface area (Å²) < 4.78 is 18.2. The SMILES string of the molecule is COc1cc(Nc2cc(Cl)ccc2N)ccc1F. The fraction of sp³-hybridized carbons (Fsp3) is 0.0769. The summed E-state index contributed by atoms with van der Waals surface area (Å²) in [6, 6.07) is 9.57. The van der Waals surface area contributed by atoms with E-state index in [0.29, 0.717) is 22.1 Å². The van der Waals surface area contributed by atoms with Gasteiger partial charge in [-0.3, -0.25) is 0 Å². The molecule has 0 aliphatic rings. The molecule has 0 fully saturated rings. The van der Waals surface area contributed by atoms with Crippen LogP contribution in [0.5, 0.6) is 5.75 Å². The highest BCUT2D eigenvalue weighted by Gasteiger charge is 2.05. The van der Waals surface area contributed by atoms with Crippen molar-refractivity contribution in [1.29, 1.82) is 0 Å². The highest BCUT2D eigenvalue weighted by atomic mass is 35.5. The van der Waals surface area contributed by atoms with Crippen molar-refractivity contribution in [2.45, 2.75) is 0 Å². The Kier molecular flexibility index (Phi) is 3.58. The first-order valence-corrected chi connectivity index (χ1v) is 5.63. The van der Waals surface area contributed by atoms with E-state index < -0.39 is 5.82 Å². The van der Waals surface area contributed by atoms with Gasteiger partial charge in [0.1, 0.15) is 0 Å². The number of rotatable bonds is 3. The zero-order valence-electron chi connectivity index (χ0n) is 9.71. The van der Waals surface area contributed by atoms with Crippen molar-refractivity contribution < 1.29 is 9.13 Å². The summed E-state index contributed by atoms with van der Waals surface area (Å²) >= 11 is 5.89. The molecule has 0 radical (unpaired) electrons. The third kappa shape index (κ3) is 2.65. The van der Waals surface area contributed by atoms with Crippen molar-refractivity contribution in [3.63, 3.8) is 0 Å². The van der Waals surface area contributed by atoms with Crippen LogP contribution in [0.1, 0.15) is 0 Å². The van der Waals surface area contributed by atoms with Crippen molar-refractivity contribution in [2.75, 3.05) is 18.2 Å². The lowest BCUT2D eigenvalue weighted by Gasteiger charge is -2.11. The molecule has 94 valence electrons. The van der Waals surface area contributed by atoms with Gasteiger partial charge in [-0.2, -0.15) is 0 Å². The van der Waals surface area contributed by atoms with Crippen LogP contribution in [0, 0.1) is 5.82 Å². The Morgan fingerprint density at radius 1 is 1.22 bits per heavy atom. The average Bonchev–Trinajstić information content (AvgIpc) is 2.36. The lowest BCUT2D eigenvalue weighted by molar-refractivity contribution is 0.387. The van der Waals surface area contributed by atoms with Gasteiger partial charge < -0.3 is 15.8 Å². The van der Waals surface area contributed by atoms with Crippen LogP contribution in [0.4, 0.5) is 21.5 Å². The fourth-order valence-corrected chi connectivity index (χ4v) is 1.70. The predicted molar refractivity (Wildman–Crippen MR) is 72.1 cm³/mol. The second-order valence-corrected chi connectivity index (χ2v) is 4.14. The molecule has 2 aromatic carbocycles. The van der Waals surface area contributed by atoms with Gasteiger partial charge in [-0.1, -0.05) is 11.6 Å². The number of ether oxygens (including phenoxy) is 1. The maximum Gasteiger partial charge on any atom is 0.165 e. The lowest BCUT2D eigenvalue weighted by atomic mass is 10.2. The van der Waals surface area contributed by atoms with Crippen molar-refractivity contribution in [2.24, 2.45) is 0 Å². The quantitative estimate of drug-likeness (QED) is 0.831. The number of nitrogen functional groups attached to an aromatic ring is 1. The van der Waals surface area contributed by atoms with Crippen LogP contribution >= 0.6 is 11.6 Å². The molecule has 0 heterocycles. The van der Waals surface area contributed by atoms with Gasteiger partial charge in [0.15, 0.2) is 11.6 Å². The van der Waals surface area contributed by atoms with Gasteiger partial charge in [0.2, 0.25) is 0 Å². The molecule has 2 aromatic rings. The first kappa shape index (κ1) is 12.5. The highest BCUT2D eigenvalue weighted by molar-refractivity contribution is 6.31. The lowest BCUT2D eigenvalue weighted by Crippen LogP contribution is -1.97. The third-order valence-electron chi connectivity index (χ3n) is 2.45. The molecule has 0 bridgehead atoms. The van der Waals surface area contributed by atoms with Gasteiger partial charge in [0.25, 0.3) is 0 Å². The van der Waals surface area contributed by atoms with E-state index in [2.05, 4.69) is 5.32 Å². The topological polar surface area (TPSA) is 47.3 Å². The molecule has 0 saturated carbocycles. The minimum absolute atomic E-state index is 0.167. The molecule has 0 atom stereocenters. The van der Waals surface area contributed by atoms with Crippen molar-refractivity contribution in [1.82, 2.24) is 0 Å². The van der Waals surface area contributed by atoms with E-state index in [0.717, 1.165) is 0 Å². The highest BCUT2D eigenvalue weighted by Crippen LogP contribution is 2.29. The molecule has 0 aliphatic heterocycles. The molecule has 0 spiro atoms. The molecule has 0 aliphatic carbocycles. The second kappa shape index (κ2) is 5.14. The van der Waals surface area contributed by atoms with E-state index in [1.807, 2.05) is 0 Å². The van der Waals surface area contributed by atoms with E-state index in [1.54, 1.807) is 30.3 Å². The molecular formula is C13H12ClFN2O. The fourth-order valence-electron chi connectivity index (χ4n) is 1.53. The summed E-state index contributed by atoms with van der Waals surface area (Å²) in [5, 5.41) is 3.63. The van der Waals surface area contributed by atoms with E-state index >= 15 is 0 Å². The minimum Gasteiger partial charge on any atom is -0.494 e. The monoisotopic (exact) mass is 266 g/mol. The van der Waals surface area contributed by atoms with Gasteiger partial charge in [0.05, 0.1) is 18.5 Å². The smallest absolute Gasteiger partial charge is 0.165 e. The first-order chi connectivity index (χ1) is 8.60. The zero-order chi connectivity index (χ0) is 13.1. The number of anilines is 3. The molecule has 3 nitrogen and oxygen atoms in total. The van der Waals surface area contributed by atoms with E-state index in [4.69, 9.17) is 22.1 Å². The van der Waals surface area contributed by atoms with Crippen LogP contribution in [-0.4, -0.2) is 7.11 Å². The molecule has 3 N–H and O–H groups in total. The van der Waals surface area contributed by atoms with E-state index in [9.17, 15) is 4.39 Å². The molecule has 5 heteroatoms. The zero-order valence-corrected chi connectivity index (χ0v) is 10.5. The van der Waals surface area contributed by atoms with Crippen LogP contribution < -0.4 is 15.8 Å². The Balaban J connectivity index is 2.31. The molecule has 2 rings (SSSR count). The number of hydrogen-bond donors (Lipinski definition) is 2. The van der Waals surface area contributed by atoms with Crippen LogP contribution in [0.3, 0.4) is 0 Å². The predicted octanol–water partition coefficient (Wildman–Crippen LogP) is 3.81. The Hall–Kier alpha value is -1.94. The first-order valence-electron chi connectivity index (χ1n) is 5.26. The van der Waals surface area contributed by atoms with Crippen LogP contribution in [0.25, 0.3) is 0 Å². The summed E-state index contributed by atoms with van der Waals surface area (Å²) in [4.78, 5) is 0. The number of hydrogen-bond acceptors (Lipinski definition) is 3. The summed E-state index contributed by atoms with van der Waals surface area (Å²) in [6.07, 6.45) is 0. The van der Waals surface area contributed by atoms with Crippen molar-refractivity contribution in [3.05, 3.63) is 47.2 Å². The summed E-state index contributed by atoms with van der Waals surface area (Å²) in [6.45, 7) is 0. The maximum absolute atomic E-state index is 13.3. The third-order valence-corrected chi connectivity index (χ3v) is 2.68. The van der Waals surface area contributed by atoms with E-state index in [1.165, 1.54) is 13.2 Å². The average molecular weight is 267 g/mol. The molecular weight excluding hydrogens is 255 g/mol. The summed E-state index contributed by atoms with van der Waals surface area (Å²) in [5.74, 6) is -0.247. The Labute approximate surface area is 109 Å². The van der Waals surface area contributed by atoms with Gasteiger partial charge in [-0.25, -0.2) is 4.39 Å². The second-order valence-electron chi connectivity index (χ2n) is 3.71. The largest absolute Gasteiger partial charge is 0.494 e. The normalized spacial score (nSPS) is 10.2. The van der Waals surface area contributed by atoms with Crippen molar-refractivity contribution in [3.8, 4) is 5.75 Å². The van der Waals surface area contributed by atoms with Crippen LogP contribution in [0.2, 0.25) is 5.02 Å². The molecule has 0 unspecified atom stereocenters. The van der Waals surface area contributed by atoms with Gasteiger partial charge in [-0.15, -0.1) is 0 Å². The minimum atomic E-state index is -0.415. The van der Waals surface area contributed by atoms with Crippen LogP contribution in [-0.2, 0) is 0 Å². The molecule has 0 amide bonds. The number of halogens is 2. The number of methoxy groups -OCH3 is 1. The molecule has 0 aromatic heterocycles. The van der Waals surface area contributed by atoms with Gasteiger partial charge in [0, 0.05) is 16.8 Å². The van der Waals surface area contributed by atoms with Gasteiger partial charge in [-0.05, 0) is 30.3 Å². The number of nitrogens with two attached hydrogens (primary N) is 1. The number of nitrogens with one attached hydrogen (secondary N) is 1. The Bertz CT molecular complexity index is 575. The summed E-state index contributed by atoms with van der Waals surface area (Å²) in [5.41, 5.74) is 7.70. The van der Waals surface area contributed by atoms with Crippen LogP contribution in [0.15, 0.2) is 36.4 Å². The Morgan fingerprint density at radius 2 is 2.00 bits per heavy atom. The van der Waals surface area contributed by atoms with Gasteiger partial charge >= 0.3 is 0 Å². The molecule has 18 heavy (non-hydrogen) atoms. The standard InChI is InChI=1S/C13H12ClFN2O/c1-18-13-7-9(3-4-10(13)15)17-12-6-8(14)2-5-11(12)16/h2-7,17H,16H2,1H3. The maximum atomic E-state index is 13.3. The number of benzene rings is 2.